The molecule has 0 aliphatic heterocycles. The largest absolute Gasteiger partial charge is 0.293 e. The number of hydrogen-bond donors (Lipinski definition) is 0. The van der Waals surface area contributed by atoms with Gasteiger partial charge in [-0.05, 0) is 43.3 Å². The second-order valence-electron chi connectivity index (χ2n) is 5.25. The molecule has 5 nitrogen and oxygen atoms in total. The molecule has 1 heterocycles. The molecule has 0 saturated heterocycles. The number of aromatic nitrogens is 1. The average molecular weight is 368 g/mol. The summed E-state index contributed by atoms with van der Waals surface area (Å²) in [6.45, 7) is 1.72. The molecule has 0 saturated carbocycles. The Morgan fingerprint density at radius 1 is 1.17 bits per heavy atom. The number of hydrogen-bond acceptors (Lipinski definition) is 5. The number of carbonyl (C=O) groups excluding carboxylic acids is 1. The van der Waals surface area contributed by atoms with E-state index in [4.69, 9.17) is 0 Å². The molecule has 0 aliphatic carbocycles. The van der Waals surface area contributed by atoms with E-state index in [1.165, 1.54) is 62.4 Å². The molecule has 0 spiro atoms. The summed E-state index contributed by atoms with van der Waals surface area (Å²) < 4.78 is 38.0. The minimum Gasteiger partial charge on any atom is -0.293 e. The molecular weight excluding hydrogens is 351 g/mol. The first-order chi connectivity index (χ1) is 11.2. The van der Waals surface area contributed by atoms with E-state index in [-0.39, 0.29) is 10.7 Å². The van der Waals surface area contributed by atoms with Crippen LogP contribution in [0.15, 0.2) is 52.5 Å². The van der Waals surface area contributed by atoms with Gasteiger partial charge in [0.25, 0.3) is 0 Å². The normalized spacial score (nSPS) is 13.0. The van der Waals surface area contributed by atoms with Crippen molar-refractivity contribution >= 4 is 27.6 Å². The number of sulfonamides is 1. The van der Waals surface area contributed by atoms with Crippen molar-refractivity contribution in [3.05, 3.63) is 54.0 Å². The van der Waals surface area contributed by atoms with Crippen LogP contribution in [0.1, 0.15) is 17.3 Å². The highest BCUT2D eigenvalue weighted by atomic mass is 32.2. The maximum absolute atomic E-state index is 12.9. The van der Waals surface area contributed by atoms with Crippen LogP contribution in [0.3, 0.4) is 0 Å². The predicted molar refractivity (Wildman–Crippen MR) is 91.2 cm³/mol. The van der Waals surface area contributed by atoms with Crippen molar-refractivity contribution in [2.75, 3.05) is 14.1 Å². The molecule has 0 fully saturated rings. The highest BCUT2D eigenvalue weighted by molar-refractivity contribution is 8.00. The monoisotopic (exact) mass is 368 g/mol. The quantitative estimate of drug-likeness (QED) is 0.579. The first-order valence-corrected chi connectivity index (χ1v) is 9.39. The van der Waals surface area contributed by atoms with Crippen LogP contribution >= 0.6 is 11.8 Å². The van der Waals surface area contributed by atoms with E-state index in [1.807, 2.05) is 0 Å². The molecule has 0 radical (unpaired) electrons. The molecule has 2 aromatic rings. The second-order valence-corrected chi connectivity index (χ2v) is 8.76. The summed E-state index contributed by atoms with van der Waals surface area (Å²) in [4.78, 5) is 16.5. The van der Waals surface area contributed by atoms with E-state index < -0.39 is 21.1 Å². The van der Waals surface area contributed by atoms with E-state index in [1.54, 1.807) is 13.0 Å². The van der Waals surface area contributed by atoms with Crippen LogP contribution in [0.2, 0.25) is 0 Å². The van der Waals surface area contributed by atoms with Gasteiger partial charge in [-0.15, -0.1) is 0 Å². The molecule has 0 aliphatic rings. The average Bonchev–Trinajstić information content (AvgIpc) is 2.55. The van der Waals surface area contributed by atoms with Crippen molar-refractivity contribution in [3.8, 4) is 0 Å². The van der Waals surface area contributed by atoms with Gasteiger partial charge in [-0.25, -0.2) is 22.1 Å². The van der Waals surface area contributed by atoms with E-state index in [9.17, 15) is 17.6 Å². The molecule has 1 aromatic heterocycles. The topological polar surface area (TPSA) is 67.3 Å². The van der Waals surface area contributed by atoms with Crippen molar-refractivity contribution in [1.29, 1.82) is 0 Å². The Kier molecular flexibility index (Phi) is 5.74. The zero-order chi connectivity index (χ0) is 17.9. The third-order valence-corrected chi connectivity index (χ3v) is 6.13. The van der Waals surface area contributed by atoms with Gasteiger partial charge in [0.1, 0.15) is 10.7 Å². The maximum atomic E-state index is 12.9. The number of thioether (sulfide) groups is 1. The summed E-state index contributed by atoms with van der Waals surface area (Å²) in [7, 11) is -0.635. The summed E-state index contributed by atoms with van der Waals surface area (Å²) >= 11 is 1.22. The van der Waals surface area contributed by atoms with Gasteiger partial charge in [0.05, 0.1) is 10.3 Å². The Morgan fingerprint density at radius 3 is 2.29 bits per heavy atom. The summed E-state index contributed by atoms with van der Waals surface area (Å²) in [5, 5.41) is 0.106. The van der Waals surface area contributed by atoms with Crippen LogP contribution in [0.4, 0.5) is 4.39 Å². The minimum absolute atomic E-state index is 0.0920. The first-order valence-electron chi connectivity index (χ1n) is 7.07. The fourth-order valence-corrected chi connectivity index (χ4v) is 3.60. The predicted octanol–water partition coefficient (Wildman–Crippen LogP) is 2.83. The summed E-state index contributed by atoms with van der Waals surface area (Å²) in [6.07, 6.45) is 1.27. The van der Waals surface area contributed by atoms with Gasteiger partial charge < -0.3 is 0 Å². The van der Waals surface area contributed by atoms with Crippen LogP contribution in [0.25, 0.3) is 0 Å². The van der Waals surface area contributed by atoms with E-state index in [2.05, 4.69) is 4.98 Å². The van der Waals surface area contributed by atoms with Crippen LogP contribution in [0, 0.1) is 5.82 Å². The number of rotatable bonds is 6. The lowest BCUT2D eigenvalue weighted by Gasteiger charge is -2.12. The van der Waals surface area contributed by atoms with E-state index in [0.29, 0.717) is 10.6 Å². The number of Topliss-reactive ketones (excluding diaryl/α,β-unsaturated/α-hetero) is 1. The van der Waals surface area contributed by atoms with Gasteiger partial charge in [-0.2, -0.15) is 0 Å². The number of halogens is 1. The van der Waals surface area contributed by atoms with Gasteiger partial charge in [0, 0.05) is 25.9 Å². The molecule has 0 amide bonds. The van der Waals surface area contributed by atoms with Gasteiger partial charge >= 0.3 is 0 Å². The third-order valence-electron chi connectivity index (χ3n) is 3.28. The van der Waals surface area contributed by atoms with Gasteiger partial charge in [0.2, 0.25) is 10.0 Å². The number of pyridine rings is 1. The second kappa shape index (κ2) is 7.42. The van der Waals surface area contributed by atoms with Crippen molar-refractivity contribution in [1.82, 2.24) is 9.29 Å². The zero-order valence-electron chi connectivity index (χ0n) is 13.4. The lowest BCUT2D eigenvalue weighted by atomic mass is 10.1. The molecule has 1 atom stereocenters. The molecule has 0 unspecified atom stereocenters. The highest BCUT2D eigenvalue weighted by Crippen LogP contribution is 2.25. The number of nitrogens with zero attached hydrogens (tertiary/aromatic N) is 2. The Bertz CT molecular complexity index is 819. The third kappa shape index (κ3) is 4.19. The number of ketones is 1. The molecule has 1 aromatic carbocycles. The van der Waals surface area contributed by atoms with Gasteiger partial charge in [-0.1, -0.05) is 11.8 Å². The van der Waals surface area contributed by atoms with E-state index >= 15 is 0 Å². The molecule has 0 bridgehead atoms. The Hall–Kier alpha value is -1.77. The lowest BCUT2D eigenvalue weighted by molar-refractivity contribution is 0.0994. The Balaban J connectivity index is 2.11. The van der Waals surface area contributed by atoms with Crippen LogP contribution < -0.4 is 0 Å². The molecule has 8 heteroatoms. The van der Waals surface area contributed by atoms with Crippen molar-refractivity contribution in [3.63, 3.8) is 0 Å². The smallest absolute Gasteiger partial charge is 0.244 e. The summed E-state index contributed by atoms with van der Waals surface area (Å²) in [5.41, 5.74) is 0.420. The van der Waals surface area contributed by atoms with E-state index in [0.717, 1.165) is 4.31 Å². The van der Waals surface area contributed by atoms with Crippen molar-refractivity contribution in [2.24, 2.45) is 0 Å². The number of benzene rings is 1. The SMILES string of the molecule is C[C@H](Sc1ccc(S(=O)(=O)N(C)C)cn1)C(=O)c1ccc(F)cc1. The zero-order valence-corrected chi connectivity index (χ0v) is 15.1. The van der Waals surface area contributed by atoms with Crippen LogP contribution in [-0.4, -0.2) is 42.8 Å². The van der Waals surface area contributed by atoms with Crippen molar-refractivity contribution in [2.45, 2.75) is 22.1 Å². The standard InChI is InChI=1S/C16H17FN2O3S2/c1-11(16(20)12-4-6-13(17)7-5-12)23-15-9-8-14(10-18-15)24(21,22)19(2)3/h4-11H,1-3H3/t11-/m0/s1. The number of carbonyl (C=O) groups is 1. The Labute approximate surface area is 145 Å². The van der Waals surface area contributed by atoms with Gasteiger partial charge in [-0.3, -0.25) is 4.79 Å². The molecule has 128 valence electrons. The fraction of sp³-hybridized carbons (Fsp3) is 0.250. The lowest BCUT2D eigenvalue weighted by Crippen LogP contribution is -2.22. The molecule has 0 N–H and O–H groups in total. The molecular formula is C16H17FN2O3S2. The maximum Gasteiger partial charge on any atom is 0.244 e. The van der Waals surface area contributed by atoms with Crippen molar-refractivity contribution < 1.29 is 17.6 Å². The van der Waals surface area contributed by atoms with Crippen LogP contribution in [-0.2, 0) is 10.0 Å². The summed E-state index contributed by atoms with van der Waals surface area (Å²) in [5.74, 6) is -0.544. The fourth-order valence-electron chi connectivity index (χ4n) is 1.88. The summed E-state index contributed by atoms with van der Waals surface area (Å²) in [6, 6.07) is 8.38. The van der Waals surface area contributed by atoms with Gasteiger partial charge in [0.15, 0.2) is 5.78 Å². The molecule has 2 rings (SSSR count). The first kappa shape index (κ1) is 18.6. The highest BCUT2D eigenvalue weighted by Gasteiger charge is 2.20. The molecule has 24 heavy (non-hydrogen) atoms. The minimum atomic E-state index is -3.53. The van der Waals surface area contributed by atoms with Crippen LogP contribution in [0.5, 0.6) is 0 Å². The Morgan fingerprint density at radius 2 is 1.79 bits per heavy atom.